The first kappa shape index (κ1) is 16.3. The van der Waals surface area contributed by atoms with Crippen LogP contribution in [0.2, 0.25) is 0 Å². The third-order valence-electron chi connectivity index (χ3n) is 1.39. The number of rotatable bonds is 1. The average molecular weight is 414 g/mol. The molecule has 1 rings (SSSR count). The first-order valence-electron chi connectivity index (χ1n) is 3.17. The Bertz CT molecular complexity index is 328. The van der Waals surface area contributed by atoms with E-state index in [0.29, 0.717) is 25.2 Å². The standard InChI is InChI=1S/C7H6O5.Bi.2H2O/c8-4-1-3(7(11)12)2-5(9)6(4)10;;;/h1-2,8-10H,(H,11,12);;2*1H2/q;+1;;/p-1. The molecule has 7 N–H and O–H groups in total. The van der Waals surface area contributed by atoms with E-state index in [9.17, 15) is 4.79 Å². The molecule has 0 atom stereocenters. The van der Waals surface area contributed by atoms with Gasteiger partial charge in [0.05, 0.1) is 0 Å². The molecule has 1 aromatic carbocycles. The summed E-state index contributed by atoms with van der Waals surface area (Å²) < 4.78 is 4.45. The van der Waals surface area contributed by atoms with E-state index < -0.39 is 23.2 Å². The molecule has 84 valence electrons. The quantitative estimate of drug-likeness (QED) is 0.374. The van der Waals surface area contributed by atoms with Crippen molar-refractivity contribution in [1.82, 2.24) is 0 Å². The molecule has 0 aliphatic carbocycles. The fourth-order valence-corrected chi connectivity index (χ4v) is 1.18. The minimum atomic E-state index is -0.654. The van der Waals surface area contributed by atoms with Gasteiger partial charge in [-0.05, 0) is 0 Å². The van der Waals surface area contributed by atoms with E-state index in [1.165, 1.54) is 0 Å². The Hall–Kier alpha value is -1.11. The Morgan fingerprint density at radius 1 is 1.13 bits per heavy atom. The second kappa shape index (κ2) is 6.39. The molecule has 0 heterocycles. The van der Waals surface area contributed by atoms with Gasteiger partial charge in [0.1, 0.15) is 0 Å². The Morgan fingerprint density at radius 2 is 1.53 bits per heavy atom. The summed E-state index contributed by atoms with van der Waals surface area (Å²) in [5.74, 6) is -2.42. The van der Waals surface area contributed by atoms with Crippen molar-refractivity contribution in [3.05, 3.63) is 17.7 Å². The van der Waals surface area contributed by atoms with Crippen molar-refractivity contribution in [2.75, 3.05) is 0 Å². The second-order valence-electron chi connectivity index (χ2n) is 2.24. The second-order valence-corrected chi connectivity index (χ2v) is 2.95. The van der Waals surface area contributed by atoms with Crippen LogP contribution in [0.25, 0.3) is 0 Å². The van der Waals surface area contributed by atoms with Crippen molar-refractivity contribution in [1.29, 1.82) is 0 Å². The number of hydrogen-bond acceptors (Lipinski definition) is 5. The van der Waals surface area contributed by atoms with Gasteiger partial charge in [0.25, 0.3) is 0 Å². The van der Waals surface area contributed by atoms with Gasteiger partial charge in [-0.15, -0.1) is 0 Å². The molecule has 1 aromatic rings. The van der Waals surface area contributed by atoms with Gasteiger partial charge >= 0.3 is 89.0 Å². The van der Waals surface area contributed by atoms with E-state index in [-0.39, 0.29) is 16.5 Å². The fraction of sp³-hybridized carbons (Fsp3) is 0. The third kappa shape index (κ3) is 3.50. The van der Waals surface area contributed by atoms with Gasteiger partial charge in [-0.25, -0.2) is 0 Å². The Balaban J connectivity index is 0. The molecule has 2 radical (unpaired) electrons. The summed E-state index contributed by atoms with van der Waals surface area (Å²) in [4.78, 5) is 10.9. The molecule has 15 heavy (non-hydrogen) atoms. The van der Waals surface area contributed by atoms with E-state index in [0.717, 1.165) is 12.1 Å². The predicted molar refractivity (Wildman–Crippen MR) is 49.8 cm³/mol. The molecule has 0 aliphatic heterocycles. The van der Waals surface area contributed by atoms with Crippen molar-refractivity contribution in [2.45, 2.75) is 0 Å². The van der Waals surface area contributed by atoms with Crippen LogP contribution >= 0.6 is 0 Å². The summed E-state index contributed by atoms with van der Waals surface area (Å²) in [7, 11) is 0. The van der Waals surface area contributed by atoms with Gasteiger partial charge in [0.2, 0.25) is 0 Å². The van der Waals surface area contributed by atoms with Crippen LogP contribution in [0.5, 0.6) is 17.2 Å². The molecule has 7 nitrogen and oxygen atoms in total. The number of aromatic hydroxyl groups is 3. The maximum absolute atomic E-state index is 10.9. The van der Waals surface area contributed by atoms with Crippen LogP contribution < -0.4 is 0 Å². The molecule has 0 aliphatic rings. The number of carbonyl (C=O) groups is 1. The Kier molecular flexibility index (Phi) is 6.96. The SMILES string of the molecule is O.O.O=C([O][Bi])c1cc(O)c(O)c(O)c1. The van der Waals surface area contributed by atoms with Crippen LogP contribution in [0.15, 0.2) is 12.1 Å². The van der Waals surface area contributed by atoms with E-state index >= 15 is 0 Å². The van der Waals surface area contributed by atoms with Gasteiger partial charge in [0.15, 0.2) is 0 Å². The van der Waals surface area contributed by atoms with Crippen LogP contribution in [0, 0.1) is 0 Å². The molecule has 0 spiro atoms. The van der Waals surface area contributed by atoms with Gasteiger partial charge in [-0.2, -0.15) is 0 Å². The zero-order chi connectivity index (χ0) is 10.0. The van der Waals surface area contributed by atoms with Gasteiger partial charge in [0, 0.05) is 0 Å². The Labute approximate surface area is 100 Å². The summed E-state index contributed by atoms with van der Waals surface area (Å²) in [6, 6.07) is 2.04. The topological polar surface area (TPSA) is 150 Å². The van der Waals surface area contributed by atoms with Crippen LogP contribution in [0.3, 0.4) is 0 Å². The van der Waals surface area contributed by atoms with Crippen LogP contribution in [0.4, 0.5) is 0 Å². The number of phenolic OH excluding ortho intramolecular Hbond substituents is 3. The van der Waals surface area contributed by atoms with Crippen LogP contribution in [-0.4, -0.2) is 57.4 Å². The molecule has 0 unspecified atom stereocenters. The van der Waals surface area contributed by atoms with Gasteiger partial charge in [-0.3, -0.25) is 0 Å². The van der Waals surface area contributed by atoms with Gasteiger partial charge < -0.3 is 11.0 Å². The summed E-state index contributed by atoms with van der Waals surface area (Å²) >= 11 is 0.415. The third-order valence-corrected chi connectivity index (χ3v) is 2.03. The first-order chi connectivity index (χ1) is 6.06. The van der Waals surface area contributed by atoms with Crippen molar-refractivity contribution < 1.29 is 33.9 Å². The van der Waals surface area contributed by atoms with Crippen molar-refractivity contribution >= 4 is 31.1 Å². The Morgan fingerprint density at radius 3 is 1.87 bits per heavy atom. The summed E-state index contributed by atoms with van der Waals surface area (Å²) in [5.41, 5.74) is -0.00435. The molecule has 8 heteroatoms. The summed E-state index contributed by atoms with van der Waals surface area (Å²) in [5, 5.41) is 27.0. The summed E-state index contributed by atoms with van der Waals surface area (Å²) in [6.07, 6.45) is 0. The zero-order valence-electron chi connectivity index (χ0n) is 7.26. The molecule has 0 saturated carbocycles. The molecule has 0 aromatic heterocycles. The van der Waals surface area contributed by atoms with E-state index in [1.54, 1.807) is 0 Å². The maximum atomic E-state index is 10.9. The molecule has 0 saturated heterocycles. The number of hydrogen-bond donors (Lipinski definition) is 3. The molecule has 0 fully saturated rings. The van der Waals surface area contributed by atoms with E-state index in [2.05, 4.69) is 2.81 Å². The molecular weight excluding hydrogens is 405 g/mol. The van der Waals surface area contributed by atoms with E-state index in [1.807, 2.05) is 0 Å². The number of carbonyl (C=O) groups excluding carboxylic acids is 1. The van der Waals surface area contributed by atoms with E-state index in [4.69, 9.17) is 15.3 Å². The minimum absolute atomic E-state index is 0. The van der Waals surface area contributed by atoms with Crippen molar-refractivity contribution in [3.63, 3.8) is 0 Å². The van der Waals surface area contributed by atoms with Gasteiger partial charge in [-0.1, -0.05) is 0 Å². The predicted octanol–water partition coefficient (Wildman–Crippen LogP) is -1.61. The number of phenols is 3. The van der Waals surface area contributed by atoms with Crippen molar-refractivity contribution in [2.24, 2.45) is 0 Å². The normalized spacial score (nSPS) is 8.33. The molecule has 0 amide bonds. The zero-order valence-corrected chi connectivity index (χ0v) is 10.7. The van der Waals surface area contributed by atoms with Crippen molar-refractivity contribution in [3.8, 4) is 17.2 Å². The first-order valence-corrected chi connectivity index (χ1v) is 4.59. The average Bonchev–Trinajstić information content (AvgIpc) is 2.12. The monoisotopic (exact) mass is 414 g/mol. The van der Waals surface area contributed by atoms with Crippen LogP contribution in [-0.2, 0) is 2.81 Å². The van der Waals surface area contributed by atoms with Crippen LogP contribution in [0.1, 0.15) is 10.4 Å². The number of benzene rings is 1. The molecule has 0 bridgehead atoms. The summed E-state index contributed by atoms with van der Waals surface area (Å²) in [6.45, 7) is 0. The fourth-order valence-electron chi connectivity index (χ4n) is 0.775. The molecular formula is C7H9BiO7.